The number of aliphatic hydroxyl groups excluding tert-OH is 2. The van der Waals surface area contributed by atoms with E-state index in [4.69, 9.17) is 5.73 Å². The largest absolute Gasteiger partial charge is 0.390 e. The van der Waals surface area contributed by atoms with Crippen LogP contribution in [0.25, 0.3) is 0 Å². The van der Waals surface area contributed by atoms with Crippen LogP contribution >= 0.6 is 0 Å². The van der Waals surface area contributed by atoms with E-state index in [0.717, 1.165) is 18.2 Å². The fraction of sp³-hybridized carbons (Fsp3) is 0.455. The van der Waals surface area contributed by atoms with Gasteiger partial charge in [-0.1, -0.05) is 12.1 Å². The summed E-state index contributed by atoms with van der Waals surface area (Å²) in [5, 5.41) is 19.1. The molecule has 6 heteroatoms. The van der Waals surface area contributed by atoms with Crippen LogP contribution in [0.1, 0.15) is 30.1 Å². The Balaban J connectivity index is 2.89. The van der Waals surface area contributed by atoms with E-state index >= 15 is 0 Å². The molecule has 0 amide bonds. The highest BCUT2D eigenvalue weighted by atomic mass is 19.3. The third-order valence-electron chi connectivity index (χ3n) is 2.43. The molecule has 0 aromatic heterocycles. The summed E-state index contributed by atoms with van der Waals surface area (Å²) < 4.78 is 37.8. The van der Waals surface area contributed by atoms with Crippen LogP contribution < -0.4 is 5.73 Å². The summed E-state index contributed by atoms with van der Waals surface area (Å²) >= 11 is 0. The summed E-state index contributed by atoms with van der Waals surface area (Å²) in [6.45, 7) is 0.163. The summed E-state index contributed by atoms with van der Waals surface area (Å²) in [7, 11) is 0. The Hall–Kier alpha value is -1.11. The maximum absolute atomic E-state index is 13.2. The van der Waals surface area contributed by atoms with E-state index in [1.165, 1.54) is 0 Å². The SMILES string of the molecule is NCCC(O)C(O)c1ccc(C(F)F)c(F)c1. The van der Waals surface area contributed by atoms with Gasteiger partial charge in [-0.05, 0) is 24.6 Å². The van der Waals surface area contributed by atoms with Crippen LogP contribution in [0, 0.1) is 5.82 Å². The maximum atomic E-state index is 13.2. The molecule has 0 aliphatic carbocycles. The normalized spacial score (nSPS) is 15.0. The van der Waals surface area contributed by atoms with Crippen molar-refractivity contribution in [1.29, 1.82) is 0 Å². The summed E-state index contributed by atoms with van der Waals surface area (Å²) in [5.41, 5.74) is 4.52. The van der Waals surface area contributed by atoms with Crippen LogP contribution in [-0.4, -0.2) is 22.9 Å². The molecule has 96 valence electrons. The number of alkyl halides is 2. The average Bonchev–Trinajstić information content (AvgIpc) is 2.27. The van der Waals surface area contributed by atoms with Gasteiger partial charge in [0.15, 0.2) is 0 Å². The molecule has 1 rings (SSSR count). The van der Waals surface area contributed by atoms with E-state index in [0.29, 0.717) is 0 Å². The van der Waals surface area contributed by atoms with E-state index in [2.05, 4.69) is 0 Å². The Kier molecular flexibility index (Phi) is 4.92. The lowest BCUT2D eigenvalue weighted by Gasteiger charge is -2.18. The second-order valence-corrected chi connectivity index (χ2v) is 3.67. The molecule has 2 unspecified atom stereocenters. The predicted molar refractivity (Wildman–Crippen MR) is 56.0 cm³/mol. The molecule has 0 radical (unpaired) electrons. The molecule has 0 aliphatic heterocycles. The van der Waals surface area contributed by atoms with Crippen molar-refractivity contribution in [1.82, 2.24) is 0 Å². The lowest BCUT2D eigenvalue weighted by molar-refractivity contribution is 0.0148. The van der Waals surface area contributed by atoms with Crippen molar-refractivity contribution in [2.24, 2.45) is 5.73 Å². The first-order chi connectivity index (χ1) is 7.97. The summed E-state index contributed by atoms with van der Waals surface area (Å²) in [4.78, 5) is 0. The third-order valence-corrected chi connectivity index (χ3v) is 2.43. The molecular weight excluding hydrogens is 235 g/mol. The fourth-order valence-electron chi connectivity index (χ4n) is 1.46. The van der Waals surface area contributed by atoms with Crippen molar-refractivity contribution < 1.29 is 23.4 Å². The van der Waals surface area contributed by atoms with Crippen molar-refractivity contribution in [3.05, 3.63) is 35.1 Å². The smallest absolute Gasteiger partial charge is 0.266 e. The van der Waals surface area contributed by atoms with E-state index < -0.39 is 30.0 Å². The van der Waals surface area contributed by atoms with E-state index in [9.17, 15) is 23.4 Å². The van der Waals surface area contributed by atoms with Gasteiger partial charge in [0, 0.05) is 0 Å². The van der Waals surface area contributed by atoms with Crippen molar-refractivity contribution in [3.63, 3.8) is 0 Å². The number of halogens is 3. The molecule has 1 aromatic carbocycles. The number of hydrogen-bond acceptors (Lipinski definition) is 3. The minimum Gasteiger partial charge on any atom is -0.390 e. The monoisotopic (exact) mass is 249 g/mol. The molecule has 2 atom stereocenters. The lowest BCUT2D eigenvalue weighted by Crippen LogP contribution is -2.21. The van der Waals surface area contributed by atoms with Crippen LogP contribution in [0.3, 0.4) is 0 Å². The first-order valence-corrected chi connectivity index (χ1v) is 5.11. The zero-order valence-electron chi connectivity index (χ0n) is 8.98. The van der Waals surface area contributed by atoms with Crippen molar-refractivity contribution in [2.45, 2.75) is 25.1 Å². The van der Waals surface area contributed by atoms with Crippen molar-refractivity contribution in [3.8, 4) is 0 Å². The second-order valence-electron chi connectivity index (χ2n) is 3.67. The van der Waals surface area contributed by atoms with E-state index in [1.807, 2.05) is 0 Å². The van der Waals surface area contributed by atoms with Gasteiger partial charge in [0.25, 0.3) is 6.43 Å². The molecule has 17 heavy (non-hydrogen) atoms. The highest BCUT2D eigenvalue weighted by Crippen LogP contribution is 2.26. The van der Waals surface area contributed by atoms with Gasteiger partial charge in [0.05, 0.1) is 11.7 Å². The quantitative estimate of drug-likeness (QED) is 0.741. The first-order valence-electron chi connectivity index (χ1n) is 5.11. The standard InChI is InChI=1S/C11H14F3NO2/c12-8-5-6(1-2-7(8)11(13)14)10(17)9(16)3-4-15/h1-2,5,9-11,16-17H,3-4,15H2. The Morgan fingerprint density at radius 3 is 2.35 bits per heavy atom. The Bertz CT molecular complexity index is 374. The zero-order valence-corrected chi connectivity index (χ0v) is 8.98. The topological polar surface area (TPSA) is 66.5 Å². The second kappa shape index (κ2) is 6.00. The van der Waals surface area contributed by atoms with Crippen LogP contribution in [0.5, 0.6) is 0 Å². The molecule has 4 N–H and O–H groups in total. The predicted octanol–water partition coefficient (Wildman–Crippen LogP) is 1.51. The fourth-order valence-corrected chi connectivity index (χ4v) is 1.46. The van der Waals surface area contributed by atoms with Crippen LogP contribution in [0.4, 0.5) is 13.2 Å². The van der Waals surface area contributed by atoms with Crippen LogP contribution in [0.2, 0.25) is 0 Å². The van der Waals surface area contributed by atoms with Gasteiger partial charge in [-0.25, -0.2) is 13.2 Å². The summed E-state index contributed by atoms with van der Waals surface area (Å²) in [6, 6.07) is 2.86. The van der Waals surface area contributed by atoms with Crippen LogP contribution in [0.15, 0.2) is 18.2 Å². The van der Waals surface area contributed by atoms with Gasteiger partial charge < -0.3 is 15.9 Å². The van der Waals surface area contributed by atoms with Crippen LogP contribution in [-0.2, 0) is 0 Å². The zero-order chi connectivity index (χ0) is 13.0. The molecular formula is C11H14F3NO2. The third kappa shape index (κ3) is 3.42. The lowest BCUT2D eigenvalue weighted by atomic mass is 10.0. The Labute approximate surface area is 96.7 Å². The first kappa shape index (κ1) is 14.0. The van der Waals surface area contributed by atoms with E-state index in [1.54, 1.807) is 0 Å². The number of nitrogens with two attached hydrogens (primary N) is 1. The van der Waals surface area contributed by atoms with Gasteiger partial charge in [0.2, 0.25) is 0 Å². The highest BCUT2D eigenvalue weighted by Gasteiger charge is 2.20. The minimum absolute atomic E-state index is 0.0489. The molecule has 3 nitrogen and oxygen atoms in total. The maximum Gasteiger partial charge on any atom is 0.266 e. The molecule has 0 saturated heterocycles. The highest BCUT2D eigenvalue weighted by molar-refractivity contribution is 5.27. The van der Waals surface area contributed by atoms with E-state index in [-0.39, 0.29) is 18.5 Å². The number of aliphatic hydroxyl groups is 2. The van der Waals surface area contributed by atoms with Crippen molar-refractivity contribution in [2.75, 3.05) is 6.54 Å². The number of hydrogen-bond donors (Lipinski definition) is 3. The summed E-state index contributed by atoms with van der Waals surface area (Å²) in [5.74, 6) is -1.10. The van der Waals surface area contributed by atoms with Crippen molar-refractivity contribution >= 4 is 0 Å². The molecule has 0 spiro atoms. The minimum atomic E-state index is -2.91. The Morgan fingerprint density at radius 2 is 1.88 bits per heavy atom. The van der Waals surface area contributed by atoms with Gasteiger partial charge in [-0.3, -0.25) is 0 Å². The molecule has 1 aromatic rings. The van der Waals surface area contributed by atoms with Gasteiger partial charge in [-0.2, -0.15) is 0 Å². The number of rotatable bonds is 5. The van der Waals surface area contributed by atoms with Gasteiger partial charge in [-0.15, -0.1) is 0 Å². The molecule has 0 fully saturated rings. The summed E-state index contributed by atoms with van der Waals surface area (Å²) in [6.07, 6.45) is -5.24. The Morgan fingerprint density at radius 1 is 1.24 bits per heavy atom. The molecule has 0 aliphatic rings. The van der Waals surface area contributed by atoms with Gasteiger partial charge in [0.1, 0.15) is 11.9 Å². The average molecular weight is 249 g/mol. The molecule has 0 heterocycles. The van der Waals surface area contributed by atoms with Gasteiger partial charge >= 0.3 is 0 Å². The molecule has 0 saturated carbocycles. The molecule has 0 bridgehead atoms. The number of benzene rings is 1.